The van der Waals surface area contributed by atoms with Crippen LogP contribution in [0.1, 0.15) is 0 Å². The summed E-state index contributed by atoms with van der Waals surface area (Å²) >= 11 is -0.472. The maximum absolute atomic E-state index is 6.97. The maximum atomic E-state index is 6.97. The molecule has 0 aromatic carbocycles. The number of nitrogens with one attached hydrogen (secondary N) is 1. The smallest absolute Gasteiger partial charge is 0.0104 e. The van der Waals surface area contributed by atoms with Crippen LogP contribution in [0.3, 0.4) is 0 Å². The molecule has 0 heterocycles. The summed E-state index contributed by atoms with van der Waals surface area (Å²) in [4.78, 5) is 2.10. The van der Waals surface area contributed by atoms with Crippen molar-refractivity contribution in [3.05, 3.63) is 5.73 Å². The van der Waals surface area contributed by atoms with Gasteiger partial charge >= 0.3 is 35.3 Å². The Balaban J connectivity index is 0. The SMILES string of the molecule is [Cl][Pt+2][Cl].[NH-]CCN(CCN)CCN. The van der Waals surface area contributed by atoms with E-state index in [-0.39, 0.29) is 0 Å². The van der Waals surface area contributed by atoms with Crippen LogP contribution in [0.4, 0.5) is 0 Å². The molecule has 0 aromatic heterocycles. The average Bonchev–Trinajstić information content (AvgIpc) is 2.07. The van der Waals surface area contributed by atoms with Gasteiger partial charge in [-0.25, -0.2) is 0 Å². The molecule has 0 spiro atoms. The predicted molar refractivity (Wildman–Crippen MR) is 55.4 cm³/mol. The van der Waals surface area contributed by atoms with Gasteiger partial charge in [0.1, 0.15) is 0 Å². The first-order chi connectivity index (χ1) is 6.26. The summed E-state index contributed by atoms with van der Waals surface area (Å²) in [6.45, 7) is 4.24. The third kappa shape index (κ3) is 15.8. The summed E-state index contributed by atoms with van der Waals surface area (Å²) in [6, 6.07) is 0. The molecule has 0 aliphatic rings. The number of nitrogens with two attached hydrogens (primary N) is 2. The van der Waals surface area contributed by atoms with Crippen molar-refractivity contribution in [2.75, 3.05) is 39.3 Å². The van der Waals surface area contributed by atoms with E-state index >= 15 is 0 Å². The molecule has 0 bridgehead atoms. The minimum absolute atomic E-state index is 0.431. The second-order valence-corrected chi connectivity index (χ2v) is 5.50. The van der Waals surface area contributed by atoms with Crippen molar-refractivity contribution in [1.82, 2.24) is 4.90 Å². The molecule has 0 unspecified atom stereocenters. The Bertz CT molecular complexity index is 74.8. The van der Waals surface area contributed by atoms with E-state index in [0.29, 0.717) is 19.6 Å². The first-order valence-corrected chi connectivity index (χ1v) is 9.49. The molecule has 0 amide bonds. The molecule has 0 fully saturated rings. The monoisotopic (exact) mass is 410 g/mol. The van der Waals surface area contributed by atoms with E-state index in [1.54, 1.807) is 0 Å². The van der Waals surface area contributed by atoms with E-state index in [1.165, 1.54) is 0 Å². The van der Waals surface area contributed by atoms with E-state index in [4.69, 9.17) is 36.0 Å². The van der Waals surface area contributed by atoms with Crippen molar-refractivity contribution >= 4 is 18.8 Å². The Kier molecular flexibility index (Phi) is 19.8. The first kappa shape index (κ1) is 16.5. The van der Waals surface area contributed by atoms with Gasteiger partial charge in [0.05, 0.1) is 0 Å². The van der Waals surface area contributed by atoms with Gasteiger partial charge in [-0.2, -0.15) is 0 Å². The van der Waals surface area contributed by atoms with Gasteiger partial charge in [0, 0.05) is 26.2 Å². The van der Waals surface area contributed by atoms with Crippen LogP contribution in [0.25, 0.3) is 5.73 Å². The van der Waals surface area contributed by atoms with Crippen molar-refractivity contribution in [1.29, 1.82) is 0 Å². The van der Waals surface area contributed by atoms with Crippen molar-refractivity contribution in [2.24, 2.45) is 11.5 Å². The Morgan fingerprint density at radius 2 is 1.46 bits per heavy atom. The summed E-state index contributed by atoms with van der Waals surface area (Å²) in [6.07, 6.45) is 0. The summed E-state index contributed by atoms with van der Waals surface area (Å²) < 4.78 is 0. The molecule has 4 nitrogen and oxygen atoms in total. The molecule has 0 aliphatic heterocycles. The Hall–Kier alpha value is 1.11. The average molecular weight is 411 g/mol. The standard InChI is InChI=1S/C6H17N4.2ClH.Pt/c7-1-4-10(5-2-8)6-3-9;;;/h7H,1-6,8-9H2;2*1H;/q-1;;;+4/p-2. The van der Waals surface area contributed by atoms with E-state index in [2.05, 4.69) is 4.90 Å². The van der Waals surface area contributed by atoms with Gasteiger partial charge in [-0.15, -0.1) is 6.54 Å². The summed E-state index contributed by atoms with van der Waals surface area (Å²) in [7, 11) is 9.75. The minimum Gasteiger partial charge on any atom is -0.676 e. The van der Waals surface area contributed by atoms with Gasteiger partial charge in [0.2, 0.25) is 0 Å². The zero-order chi connectivity index (χ0) is 10.5. The van der Waals surface area contributed by atoms with Crippen LogP contribution in [0.5, 0.6) is 0 Å². The minimum atomic E-state index is -0.472. The second kappa shape index (κ2) is 15.6. The molecular formula is C6H17Cl2N4Pt+. The molecule has 13 heavy (non-hydrogen) atoms. The molecule has 84 valence electrons. The van der Waals surface area contributed by atoms with Crippen LogP contribution in [-0.4, -0.2) is 44.2 Å². The zero-order valence-corrected chi connectivity index (χ0v) is 11.2. The quantitative estimate of drug-likeness (QED) is 0.674. The molecular weight excluding hydrogens is 394 g/mol. The molecule has 0 rings (SSSR count). The second-order valence-electron chi connectivity index (χ2n) is 2.21. The van der Waals surface area contributed by atoms with Crippen molar-refractivity contribution in [3.63, 3.8) is 0 Å². The van der Waals surface area contributed by atoms with Gasteiger partial charge < -0.3 is 22.1 Å². The Labute approximate surface area is 96.5 Å². The maximum Gasteiger partial charge on any atom is 0.0104 e. The van der Waals surface area contributed by atoms with Gasteiger partial charge in [-0.3, -0.25) is 0 Å². The third-order valence-corrected chi connectivity index (χ3v) is 1.32. The summed E-state index contributed by atoms with van der Waals surface area (Å²) in [5.41, 5.74) is 17.7. The van der Waals surface area contributed by atoms with Crippen LogP contribution in [0.15, 0.2) is 0 Å². The number of halogens is 2. The third-order valence-electron chi connectivity index (χ3n) is 1.32. The van der Waals surface area contributed by atoms with Crippen molar-refractivity contribution < 1.29 is 16.5 Å². The van der Waals surface area contributed by atoms with E-state index < -0.39 is 16.5 Å². The van der Waals surface area contributed by atoms with Crippen molar-refractivity contribution in [3.8, 4) is 0 Å². The normalized spacial score (nSPS) is 10.0. The van der Waals surface area contributed by atoms with Crippen LogP contribution in [0.2, 0.25) is 0 Å². The number of hydrogen-bond donors (Lipinski definition) is 2. The van der Waals surface area contributed by atoms with Gasteiger partial charge in [0.25, 0.3) is 0 Å². The number of hydrogen-bond acceptors (Lipinski definition) is 3. The molecule has 0 aromatic rings. The molecule has 7 heteroatoms. The van der Waals surface area contributed by atoms with E-state index in [1.807, 2.05) is 0 Å². The fourth-order valence-electron chi connectivity index (χ4n) is 0.859. The number of rotatable bonds is 6. The van der Waals surface area contributed by atoms with Gasteiger partial charge in [0.15, 0.2) is 0 Å². The van der Waals surface area contributed by atoms with E-state index in [0.717, 1.165) is 19.6 Å². The van der Waals surface area contributed by atoms with Gasteiger partial charge in [-0.1, -0.05) is 0 Å². The Morgan fingerprint density at radius 1 is 1.08 bits per heavy atom. The topological polar surface area (TPSA) is 79.1 Å². The molecule has 0 saturated carbocycles. The van der Waals surface area contributed by atoms with Crippen molar-refractivity contribution in [2.45, 2.75) is 0 Å². The fraction of sp³-hybridized carbons (Fsp3) is 1.00. The zero-order valence-electron chi connectivity index (χ0n) is 7.42. The summed E-state index contributed by atoms with van der Waals surface area (Å²) in [5, 5.41) is 0. The van der Waals surface area contributed by atoms with Crippen LogP contribution < -0.4 is 11.5 Å². The van der Waals surface area contributed by atoms with E-state index in [9.17, 15) is 0 Å². The largest absolute Gasteiger partial charge is 0.676 e. The predicted octanol–water partition coefficient (Wildman–Crippen LogP) is 0.635. The molecule has 0 aliphatic carbocycles. The summed E-state index contributed by atoms with van der Waals surface area (Å²) in [5.74, 6) is 0. The van der Waals surface area contributed by atoms with Crippen LogP contribution in [-0.2, 0) is 16.5 Å². The molecule has 0 radical (unpaired) electrons. The Morgan fingerprint density at radius 3 is 1.69 bits per heavy atom. The fourth-order valence-corrected chi connectivity index (χ4v) is 0.859. The molecule has 0 atom stereocenters. The van der Waals surface area contributed by atoms with Gasteiger partial charge in [-0.05, 0) is 6.54 Å². The van der Waals surface area contributed by atoms with Crippen LogP contribution >= 0.6 is 18.8 Å². The van der Waals surface area contributed by atoms with Crippen LogP contribution in [0, 0.1) is 0 Å². The molecule has 5 N–H and O–H groups in total. The first-order valence-electron chi connectivity index (χ1n) is 3.86. The number of nitrogens with zero attached hydrogens (tertiary/aromatic N) is 1. The molecule has 0 saturated heterocycles.